The Bertz CT molecular complexity index is 610. The largest absolute Gasteiger partial charge is 0.339 e. The molecule has 0 spiro atoms. The lowest BCUT2D eigenvalue weighted by Gasteiger charge is -2.26. The number of hydrogen-bond donors (Lipinski definition) is 1. The highest BCUT2D eigenvalue weighted by molar-refractivity contribution is 5.98. The summed E-state index contributed by atoms with van der Waals surface area (Å²) in [6, 6.07) is 18.2. The number of benzene rings is 2. The Hall–Kier alpha value is -2.29. The molecular formula is C19H24N2O. The van der Waals surface area contributed by atoms with Gasteiger partial charge in [-0.2, -0.15) is 0 Å². The number of carbonyl (C=O) groups is 1. The van der Waals surface area contributed by atoms with Crippen molar-refractivity contribution in [2.24, 2.45) is 5.92 Å². The van der Waals surface area contributed by atoms with Gasteiger partial charge in [-0.05, 0) is 30.7 Å². The molecule has 3 rings (SSSR count). The van der Waals surface area contributed by atoms with E-state index in [1.165, 1.54) is 0 Å². The third-order valence-corrected chi connectivity index (χ3v) is 3.79. The van der Waals surface area contributed by atoms with Gasteiger partial charge in [0.2, 0.25) is 5.91 Å². The monoisotopic (exact) mass is 296 g/mol. The molecule has 1 heterocycles. The van der Waals surface area contributed by atoms with Crippen LogP contribution >= 0.6 is 0 Å². The summed E-state index contributed by atoms with van der Waals surface area (Å²) in [6.45, 7) is 6.77. The summed E-state index contributed by atoms with van der Waals surface area (Å²) < 4.78 is 0. The van der Waals surface area contributed by atoms with Crippen LogP contribution in [0.2, 0.25) is 0 Å². The second-order valence-corrected chi connectivity index (χ2v) is 5.06. The highest BCUT2D eigenvalue weighted by Crippen LogP contribution is 2.35. The van der Waals surface area contributed by atoms with Crippen molar-refractivity contribution in [1.29, 1.82) is 0 Å². The van der Waals surface area contributed by atoms with Gasteiger partial charge < -0.3 is 10.2 Å². The zero-order valence-electron chi connectivity index (χ0n) is 13.5. The molecule has 1 aliphatic rings. The van der Waals surface area contributed by atoms with Crippen molar-refractivity contribution in [3.8, 4) is 0 Å². The van der Waals surface area contributed by atoms with E-state index in [0.29, 0.717) is 6.54 Å². The molecular weight excluding hydrogens is 272 g/mol. The second kappa shape index (κ2) is 7.64. The number of nitrogens with zero attached hydrogens (tertiary/aromatic N) is 1. The number of nitrogens with one attached hydrogen (secondary N) is 1. The van der Waals surface area contributed by atoms with Crippen LogP contribution in [0.3, 0.4) is 0 Å². The Kier molecular flexibility index (Phi) is 5.59. The molecule has 22 heavy (non-hydrogen) atoms. The molecule has 2 aromatic rings. The van der Waals surface area contributed by atoms with Crippen LogP contribution < -0.4 is 10.2 Å². The van der Waals surface area contributed by atoms with E-state index in [-0.39, 0.29) is 11.8 Å². The maximum Gasteiger partial charge on any atom is 0.229 e. The number of anilines is 3. The fourth-order valence-corrected chi connectivity index (χ4v) is 2.62. The zero-order valence-corrected chi connectivity index (χ0v) is 13.5. The Labute approximate surface area is 133 Å². The minimum atomic E-state index is 0.00241. The van der Waals surface area contributed by atoms with Gasteiger partial charge in [0.15, 0.2) is 0 Å². The van der Waals surface area contributed by atoms with E-state index in [4.69, 9.17) is 0 Å². The topological polar surface area (TPSA) is 32.3 Å². The number of carbonyl (C=O) groups excluding carboxylic acids is 1. The smallest absolute Gasteiger partial charge is 0.229 e. The molecule has 1 N–H and O–H groups in total. The van der Waals surface area contributed by atoms with Crippen LogP contribution in [0.1, 0.15) is 27.2 Å². The van der Waals surface area contributed by atoms with E-state index in [9.17, 15) is 4.79 Å². The Morgan fingerprint density at radius 1 is 1.05 bits per heavy atom. The van der Waals surface area contributed by atoms with Crippen LogP contribution in [0.25, 0.3) is 0 Å². The van der Waals surface area contributed by atoms with Crippen molar-refractivity contribution in [2.45, 2.75) is 27.2 Å². The van der Waals surface area contributed by atoms with Gasteiger partial charge in [0, 0.05) is 12.2 Å². The van der Waals surface area contributed by atoms with Crippen molar-refractivity contribution in [1.82, 2.24) is 0 Å². The van der Waals surface area contributed by atoms with Gasteiger partial charge in [-0.25, -0.2) is 0 Å². The van der Waals surface area contributed by atoms with E-state index in [2.05, 4.69) is 35.3 Å². The molecule has 0 saturated heterocycles. The van der Waals surface area contributed by atoms with Gasteiger partial charge in [-0.1, -0.05) is 51.1 Å². The quantitative estimate of drug-likeness (QED) is 0.861. The summed E-state index contributed by atoms with van der Waals surface area (Å²) in [6.07, 6.45) is 0.836. The first-order chi connectivity index (χ1) is 10.8. The number of fused-ring (bicyclic) bond motifs is 1. The zero-order chi connectivity index (χ0) is 15.9. The van der Waals surface area contributed by atoms with Crippen molar-refractivity contribution in [2.75, 3.05) is 16.8 Å². The summed E-state index contributed by atoms with van der Waals surface area (Å²) in [7, 11) is 0. The number of para-hydroxylation sites is 3. The fraction of sp³-hybridized carbons (Fsp3) is 0.316. The van der Waals surface area contributed by atoms with Crippen molar-refractivity contribution < 1.29 is 4.79 Å². The number of amides is 1. The van der Waals surface area contributed by atoms with E-state index in [1.807, 2.05) is 50.2 Å². The van der Waals surface area contributed by atoms with Crippen molar-refractivity contribution in [3.63, 3.8) is 0 Å². The van der Waals surface area contributed by atoms with Crippen LogP contribution in [0, 0.1) is 5.92 Å². The molecule has 2 aromatic carbocycles. The fourth-order valence-electron chi connectivity index (χ4n) is 2.62. The molecule has 1 unspecified atom stereocenters. The molecule has 0 radical (unpaired) electrons. The molecule has 1 amide bonds. The average Bonchev–Trinajstić information content (AvgIpc) is 2.73. The molecule has 0 aromatic heterocycles. The second-order valence-electron chi connectivity index (χ2n) is 5.06. The Balaban J connectivity index is 0.000000847. The molecule has 0 aliphatic carbocycles. The standard InChI is InChI=1S/C17H18N2O.C2H6/c1-2-13-12-19(14-8-4-3-5-9-14)16-11-7-6-10-15(16)18-17(13)20;1-2/h3-11,13H,2,12H2,1H3,(H,18,20);1-2H3. The average molecular weight is 296 g/mol. The first-order valence-corrected chi connectivity index (χ1v) is 8.02. The van der Waals surface area contributed by atoms with Crippen molar-refractivity contribution in [3.05, 3.63) is 54.6 Å². The summed E-state index contributed by atoms with van der Waals surface area (Å²) in [5.41, 5.74) is 3.07. The molecule has 3 nitrogen and oxygen atoms in total. The Morgan fingerprint density at radius 2 is 1.68 bits per heavy atom. The molecule has 116 valence electrons. The van der Waals surface area contributed by atoms with Crippen LogP contribution in [0.5, 0.6) is 0 Å². The lowest BCUT2D eigenvalue weighted by Crippen LogP contribution is -2.29. The highest BCUT2D eigenvalue weighted by atomic mass is 16.2. The van der Waals surface area contributed by atoms with E-state index >= 15 is 0 Å². The third kappa shape index (κ3) is 3.30. The van der Waals surface area contributed by atoms with Gasteiger partial charge in [-0.15, -0.1) is 0 Å². The van der Waals surface area contributed by atoms with Crippen LogP contribution in [-0.4, -0.2) is 12.5 Å². The van der Waals surface area contributed by atoms with Gasteiger partial charge in [0.1, 0.15) is 0 Å². The van der Waals surface area contributed by atoms with E-state index in [1.54, 1.807) is 0 Å². The molecule has 1 aliphatic heterocycles. The summed E-state index contributed by atoms with van der Waals surface area (Å²) in [4.78, 5) is 14.5. The summed E-state index contributed by atoms with van der Waals surface area (Å²) >= 11 is 0. The normalized spacial score (nSPS) is 16.8. The highest BCUT2D eigenvalue weighted by Gasteiger charge is 2.27. The SMILES string of the molecule is CC.CCC1CN(c2ccccc2)c2ccccc2NC1=O. The third-order valence-electron chi connectivity index (χ3n) is 3.79. The minimum Gasteiger partial charge on any atom is -0.339 e. The number of hydrogen-bond acceptors (Lipinski definition) is 2. The van der Waals surface area contributed by atoms with E-state index < -0.39 is 0 Å². The van der Waals surface area contributed by atoms with Crippen LogP contribution in [-0.2, 0) is 4.79 Å². The maximum absolute atomic E-state index is 12.2. The molecule has 1 atom stereocenters. The number of rotatable bonds is 2. The minimum absolute atomic E-state index is 0.00241. The maximum atomic E-state index is 12.2. The van der Waals surface area contributed by atoms with Crippen LogP contribution in [0.4, 0.5) is 17.1 Å². The Morgan fingerprint density at radius 3 is 2.36 bits per heavy atom. The summed E-state index contributed by atoms with van der Waals surface area (Å²) in [5.74, 6) is 0.112. The van der Waals surface area contributed by atoms with Gasteiger partial charge in [0.05, 0.1) is 17.3 Å². The van der Waals surface area contributed by atoms with Crippen molar-refractivity contribution >= 4 is 23.0 Å². The molecule has 0 saturated carbocycles. The summed E-state index contributed by atoms with van der Waals surface area (Å²) in [5, 5.41) is 3.04. The lowest BCUT2D eigenvalue weighted by molar-refractivity contribution is -0.119. The molecule has 0 fully saturated rings. The van der Waals surface area contributed by atoms with Crippen LogP contribution in [0.15, 0.2) is 54.6 Å². The molecule has 0 bridgehead atoms. The van der Waals surface area contributed by atoms with E-state index in [0.717, 1.165) is 23.5 Å². The van der Waals surface area contributed by atoms with Gasteiger partial charge >= 0.3 is 0 Å². The predicted octanol–water partition coefficient (Wildman–Crippen LogP) is 4.83. The predicted molar refractivity (Wildman–Crippen MR) is 93.6 cm³/mol. The molecule has 3 heteroatoms. The van der Waals surface area contributed by atoms with Gasteiger partial charge in [-0.3, -0.25) is 4.79 Å². The first kappa shape index (κ1) is 16.1. The van der Waals surface area contributed by atoms with Gasteiger partial charge in [0.25, 0.3) is 0 Å². The lowest BCUT2D eigenvalue weighted by atomic mass is 10.1. The first-order valence-electron chi connectivity index (χ1n) is 8.02.